The van der Waals surface area contributed by atoms with Gasteiger partial charge in [0.15, 0.2) is 27.3 Å². The van der Waals surface area contributed by atoms with Gasteiger partial charge in [-0.05, 0) is 44.4 Å². The zero-order valence-corrected chi connectivity index (χ0v) is 17.8. The summed E-state index contributed by atoms with van der Waals surface area (Å²) in [7, 11) is -4.67. The predicted octanol–water partition coefficient (Wildman–Crippen LogP) is 4.78. The first-order valence-electron chi connectivity index (χ1n) is 9.87. The minimum Gasteiger partial charge on any atom is -0.384 e. The number of nitrogens with zero attached hydrogens (tertiary/aromatic N) is 2. The van der Waals surface area contributed by atoms with Crippen molar-refractivity contribution in [2.24, 2.45) is 0 Å². The molecule has 0 aliphatic carbocycles. The topological polar surface area (TPSA) is 62.3 Å². The van der Waals surface area contributed by atoms with E-state index in [2.05, 4.69) is 10.3 Å². The van der Waals surface area contributed by atoms with E-state index in [4.69, 9.17) is 0 Å². The van der Waals surface area contributed by atoms with Crippen molar-refractivity contribution in [2.45, 2.75) is 43.3 Å². The average Bonchev–Trinajstić information content (AvgIpc) is 2.71. The predicted molar refractivity (Wildman–Crippen MR) is 107 cm³/mol. The van der Waals surface area contributed by atoms with Gasteiger partial charge in [-0.15, -0.1) is 0 Å². The second-order valence-electron chi connectivity index (χ2n) is 7.55. The molecule has 0 radical (unpaired) electrons. The van der Waals surface area contributed by atoms with Gasteiger partial charge >= 0.3 is 6.18 Å². The van der Waals surface area contributed by atoms with Gasteiger partial charge in [-0.2, -0.15) is 22.5 Å². The Kier molecular flexibility index (Phi) is 6.91. The van der Waals surface area contributed by atoms with E-state index >= 15 is 4.39 Å². The van der Waals surface area contributed by atoms with Gasteiger partial charge in [0.2, 0.25) is 0 Å². The first-order chi connectivity index (χ1) is 14.9. The van der Waals surface area contributed by atoms with Gasteiger partial charge in [-0.1, -0.05) is 6.07 Å². The quantitative estimate of drug-likeness (QED) is 0.475. The van der Waals surface area contributed by atoms with E-state index in [1.165, 1.54) is 11.0 Å². The van der Waals surface area contributed by atoms with Crippen LogP contribution < -0.4 is 10.2 Å². The number of hydrogen-bond donors (Lipinski definition) is 1. The molecule has 0 bridgehead atoms. The molecule has 0 saturated carbocycles. The molecule has 2 heterocycles. The summed E-state index contributed by atoms with van der Waals surface area (Å²) in [5, 5.41) is 2.48. The number of anilines is 2. The Hall–Kier alpha value is -2.50. The Labute approximate surface area is 181 Å². The Bertz CT molecular complexity index is 1090. The lowest BCUT2D eigenvalue weighted by Crippen LogP contribution is -2.39. The smallest absolute Gasteiger partial charge is 0.384 e. The van der Waals surface area contributed by atoms with Gasteiger partial charge in [0.1, 0.15) is 4.90 Å². The fourth-order valence-corrected chi connectivity index (χ4v) is 4.89. The highest BCUT2D eigenvalue weighted by Gasteiger charge is 2.34. The molecule has 1 saturated heterocycles. The molecule has 3 rings (SSSR count). The van der Waals surface area contributed by atoms with Crippen LogP contribution in [0.5, 0.6) is 0 Å². The first kappa shape index (κ1) is 24.1. The van der Waals surface area contributed by atoms with E-state index in [-0.39, 0.29) is 11.7 Å². The van der Waals surface area contributed by atoms with Crippen molar-refractivity contribution in [3.63, 3.8) is 0 Å². The molecule has 1 aromatic carbocycles. The molecule has 2 aromatic rings. The first-order valence-corrected chi connectivity index (χ1v) is 11.5. The molecule has 1 fully saturated rings. The van der Waals surface area contributed by atoms with Gasteiger partial charge < -0.3 is 10.2 Å². The van der Waals surface area contributed by atoms with Crippen LogP contribution in [0, 0.1) is 17.6 Å². The highest BCUT2D eigenvalue weighted by Crippen LogP contribution is 2.33. The Morgan fingerprint density at radius 2 is 1.88 bits per heavy atom. The summed E-state index contributed by atoms with van der Waals surface area (Å²) in [5.41, 5.74) is -0.973. The Morgan fingerprint density at radius 1 is 1.16 bits per heavy atom. The molecule has 0 unspecified atom stereocenters. The Morgan fingerprint density at radius 3 is 2.53 bits per heavy atom. The lowest BCUT2D eigenvalue weighted by molar-refractivity contribution is -0.137. The molecule has 0 amide bonds. The minimum absolute atomic E-state index is 0.0280. The maximum Gasteiger partial charge on any atom is 0.416 e. The normalized spacial score (nSPS) is 17.5. The average molecular weight is 481 g/mol. The lowest BCUT2D eigenvalue weighted by Gasteiger charge is -2.34. The molecular formula is C20H21F6N3O2S. The van der Waals surface area contributed by atoms with Crippen molar-refractivity contribution in [1.82, 2.24) is 4.98 Å². The monoisotopic (exact) mass is 481 g/mol. The molecule has 1 aromatic heterocycles. The maximum absolute atomic E-state index is 15.1. The number of halogens is 6. The van der Waals surface area contributed by atoms with Crippen LogP contribution in [0.3, 0.4) is 0 Å². The van der Waals surface area contributed by atoms with Crippen molar-refractivity contribution in [1.29, 1.82) is 0 Å². The lowest BCUT2D eigenvalue weighted by atomic mass is 10.0. The number of rotatable bonds is 6. The van der Waals surface area contributed by atoms with Crippen molar-refractivity contribution < 1.29 is 34.8 Å². The van der Waals surface area contributed by atoms with Crippen LogP contribution in [0.25, 0.3) is 0 Å². The van der Waals surface area contributed by atoms with Crippen LogP contribution in [0.1, 0.15) is 31.7 Å². The summed E-state index contributed by atoms with van der Waals surface area (Å²) < 4.78 is 107. The zero-order chi connectivity index (χ0) is 23.7. The molecule has 5 nitrogen and oxygen atoms in total. The van der Waals surface area contributed by atoms with Crippen molar-refractivity contribution in [3.05, 3.63) is 47.4 Å². The number of nitrogens with one attached hydrogen (secondary N) is 1. The van der Waals surface area contributed by atoms with Gasteiger partial charge in [-0.3, -0.25) is 0 Å². The van der Waals surface area contributed by atoms with Gasteiger partial charge in [0.05, 0.1) is 11.3 Å². The summed E-state index contributed by atoms with van der Waals surface area (Å²) >= 11 is 0. The van der Waals surface area contributed by atoms with Crippen LogP contribution >= 0.6 is 0 Å². The molecule has 0 spiro atoms. The van der Waals surface area contributed by atoms with Crippen LogP contribution in [0.15, 0.2) is 29.2 Å². The number of hydrogen-bond acceptors (Lipinski definition) is 5. The minimum atomic E-state index is -4.67. The van der Waals surface area contributed by atoms with Crippen LogP contribution in [0.2, 0.25) is 0 Å². The highest BCUT2D eigenvalue weighted by molar-refractivity contribution is 7.91. The number of sulfone groups is 1. The van der Waals surface area contributed by atoms with Gasteiger partial charge in [0, 0.05) is 24.8 Å². The van der Waals surface area contributed by atoms with E-state index in [0.29, 0.717) is 19.4 Å². The summed E-state index contributed by atoms with van der Waals surface area (Å²) in [6.07, 6.45) is -2.42. The van der Waals surface area contributed by atoms with E-state index in [1.807, 2.05) is 0 Å². The van der Waals surface area contributed by atoms with Crippen LogP contribution in [-0.4, -0.2) is 38.3 Å². The fraction of sp³-hybridized carbons (Fsp3) is 0.450. The second kappa shape index (κ2) is 9.16. The standard InChI is InChI=1S/C20H21F6N3O2S/c1-12-5-2-3-9-29(12)19-16(22)17(15(21)18(23)28-19)32(30,31)10-8-27-14-7-4-6-13(11-14)20(24,25)26/h4,6-7,11-12,27H,2-3,5,8-10H2,1H3/t12-/m1/s1. The number of benzene rings is 1. The summed E-state index contributed by atoms with van der Waals surface area (Å²) in [5.74, 6) is -6.58. The Balaban J connectivity index is 1.84. The van der Waals surface area contributed by atoms with E-state index < -0.39 is 62.2 Å². The third-order valence-electron chi connectivity index (χ3n) is 5.26. The third kappa shape index (κ3) is 5.11. The van der Waals surface area contributed by atoms with Crippen LogP contribution in [-0.2, 0) is 16.0 Å². The molecule has 1 N–H and O–H groups in total. The maximum atomic E-state index is 15.1. The molecule has 176 valence electrons. The van der Waals surface area contributed by atoms with Gasteiger partial charge in [-0.25, -0.2) is 17.2 Å². The van der Waals surface area contributed by atoms with Crippen molar-refractivity contribution in [2.75, 3.05) is 29.1 Å². The summed E-state index contributed by atoms with van der Waals surface area (Å²) in [4.78, 5) is 3.28. The molecule has 1 aliphatic heterocycles. The number of aromatic nitrogens is 1. The molecule has 12 heteroatoms. The number of piperidine rings is 1. The second-order valence-corrected chi connectivity index (χ2v) is 9.59. The van der Waals surface area contributed by atoms with Gasteiger partial charge in [0.25, 0.3) is 5.95 Å². The van der Waals surface area contributed by atoms with Crippen LogP contribution in [0.4, 0.5) is 37.8 Å². The van der Waals surface area contributed by atoms with E-state index in [1.54, 1.807) is 6.92 Å². The van der Waals surface area contributed by atoms with E-state index in [0.717, 1.165) is 24.6 Å². The van der Waals surface area contributed by atoms with Crippen molar-refractivity contribution in [3.8, 4) is 0 Å². The largest absolute Gasteiger partial charge is 0.416 e. The summed E-state index contributed by atoms with van der Waals surface area (Å²) in [6.45, 7) is 1.60. The fourth-order valence-electron chi connectivity index (χ4n) is 3.60. The molecule has 32 heavy (non-hydrogen) atoms. The van der Waals surface area contributed by atoms with E-state index in [9.17, 15) is 30.4 Å². The SMILES string of the molecule is C[C@@H]1CCCCN1c1nc(F)c(F)c(S(=O)(=O)CCNc2cccc(C(F)(F)F)c2)c1F. The molecule has 1 aliphatic rings. The van der Waals surface area contributed by atoms with Crippen molar-refractivity contribution >= 4 is 21.3 Å². The third-order valence-corrected chi connectivity index (χ3v) is 6.98. The zero-order valence-electron chi connectivity index (χ0n) is 17.0. The summed E-state index contributed by atoms with van der Waals surface area (Å²) in [6, 6.07) is 3.79. The number of pyridine rings is 1. The molecule has 1 atom stereocenters. The number of alkyl halides is 3. The highest BCUT2D eigenvalue weighted by atomic mass is 32.2. The molecular weight excluding hydrogens is 460 g/mol.